The van der Waals surface area contributed by atoms with E-state index in [9.17, 15) is 4.79 Å². The largest absolute Gasteiger partial charge is 0.382 e. The van der Waals surface area contributed by atoms with Gasteiger partial charge in [0.25, 0.3) is 5.91 Å². The minimum absolute atomic E-state index is 0.00263. The SMILES string of the molecule is CCNC(=O)c1cccc(NC2CCCCC2C)c1. The van der Waals surface area contributed by atoms with Crippen LogP contribution in [0.1, 0.15) is 49.9 Å². The fourth-order valence-electron chi connectivity index (χ4n) is 2.76. The Morgan fingerprint density at radius 2 is 2.11 bits per heavy atom. The highest BCUT2D eigenvalue weighted by Gasteiger charge is 2.21. The first-order valence-corrected chi connectivity index (χ1v) is 7.35. The molecule has 2 rings (SSSR count). The topological polar surface area (TPSA) is 41.1 Å². The van der Waals surface area contributed by atoms with Crippen LogP contribution in [0.2, 0.25) is 0 Å². The molecule has 2 unspecified atom stereocenters. The minimum atomic E-state index is 0.00263. The van der Waals surface area contributed by atoms with Crippen LogP contribution in [0.5, 0.6) is 0 Å². The maximum Gasteiger partial charge on any atom is 0.251 e. The van der Waals surface area contributed by atoms with Gasteiger partial charge in [-0.1, -0.05) is 25.8 Å². The molecule has 3 heteroatoms. The van der Waals surface area contributed by atoms with Crippen molar-refractivity contribution < 1.29 is 4.79 Å². The minimum Gasteiger partial charge on any atom is -0.382 e. The van der Waals surface area contributed by atoms with Crippen LogP contribution in [0.15, 0.2) is 24.3 Å². The molecule has 0 aromatic heterocycles. The average molecular weight is 260 g/mol. The van der Waals surface area contributed by atoms with Crippen molar-refractivity contribution in [3.63, 3.8) is 0 Å². The fraction of sp³-hybridized carbons (Fsp3) is 0.562. The van der Waals surface area contributed by atoms with Crippen molar-refractivity contribution in [2.45, 2.75) is 45.6 Å². The lowest BCUT2D eigenvalue weighted by molar-refractivity contribution is 0.0956. The van der Waals surface area contributed by atoms with E-state index in [2.05, 4.69) is 17.6 Å². The predicted octanol–water partition coefficient (Wildman–Crippen LogP) is 3.43. The van der Waals surface area contributed by atoms with Gasteiger partial charge in [-0.3, -0.25) is 4.79 Å². The molecule has 2 N–H and O–H groups in total. The van der Waals surface area contributed by atoms with Gasteiger partial charge in [-0.25, -0.2) is 0 Å². The summed E-state index contributed by atoms with van der Waals surface area (Å²) in [7, 11) is 0. The average Bonchev–Trinajstić information content (AvgIpc) is 2.42. The molecular weight excluding hydrogens is 236 g/mol. The molecule has 0 radical (unpaired) electrons. The lowest BCUT2D eigenvalue weighted by Gasteiger charge is -2.30. The fourth-order valence-corrected chi connectivity index (χ4v) is 2.76. The van der Waals surface area contributed by atoms with E-state index in [-0.39, 0.29) is 5.91 Å². The Morgan fingerprint density at radius 3 is 2.84 bits per heavy atom. The first kappa shape index (κ1) is 13.9. The zero-order chi connectivity index (χ0) is 13.7. The molecule has 1 aliphatic carbocycles. The van der Waals surface area contributed by atoms with Crippen molar-refractivity contribution in [3.05, 3.63) is 29.8 Å². The van der Waals surface area contributed by atoms with Crippen LogP contribution in [0.3, 0.4) is 0 Å². The van der Waals surface area contributed by atoms with Gasteiger partial charge in [-0.05, 0) is 43.9 Å². The molecule has 2 atom stereocenters. The summed E-state index contributed by atoms with van der Waals surface area (Å²) in [6.45, 7) is 4.91. The van der Waals surface area contributed by atoms with Crippen LogP contribution in [0.4, 0.5) is 5.69 Å². The molecule has 1 aromatic carbocycles. The van der Waals surface area contributed by atoms with Crippen molar-refractivity contribution in [2.75, 3.05) is 11.9 Å². The monoisotopic (exact) mass is 260 g/mol. The molecule has 0 spiro atoms. The molecule has 1 aliphatic rings. The van der Waals surface area contributed by atoms with Crippen molar-refractivity contribution in [2.24, 2.45) is 5.92 Å². The van der Waals surface area contributed by atoms with Crippen LogP contribution in [-0.4, -0.2) is 18.5 Å². The standard InChI is InChI=1S/C16H24N2O/c1-3-17-16(19)13-8-6-9-14(11-13)18-15-10-5-4-7-12(15)2/h6,8-9,11-12,15,18H,3-5,7,10H2,1-2H3,(H,17,19). The van der Waals surface area contributed by atoms with Crippen molar-refractivity contribution in [1.29, 1.82) is 0 Å². The van der Waals surface area contributed by atoms with E-state index in [1.54, 1.807) is 0 Å². The number of carbonyl (C=O) groups excluding carboxylic acids is 1. The molecule has 1 aromatic rings. The summed E-state index contributed by atoms with van der Waals surface area (Å²) in [4.78, 5) is 11.8. The second-order valence-electron chi connectivity index (χ2n) is 5.45. The van der Waals surface area contributed by atoms with Gasteiger partial charge in [0.2, 0.25) is 0 Å². The van der Waals surface area contributed by atoms with Crippen LogP contribution in [-0.2, 0) is 0 Å². The lowest BCUT2D eigenvalue weighted by atomic mass is 9.86. The summed E-state index contributed by atoms with van der Waals surface area (Å²) in [5.41, 5.74) is 1.79. The smallest absolute Gasteiger partial charge is 0.251 e. The highest BCUT2D eigenvalue weighted by atomic mass is 16.1. The van der Waals surface area contributed by atoms with Crippen LogP contribution >= 0.6 is 0 Å². The second kappa shape index (κ2) is 6.60. The lowest BCUT2D eigenvalue weighted by Crippen LogP contribution is -2.30. The number of hydrogen-bond donors (Lipinski definition) is 2. The van der Waals surface area contributed by atoms with Gasteiger partial charge in [-0.2, -0.15) is 0 Å². The molecule has 19 heavy (non-hydrogen) atoms. The third-order valence-corrected chi connectivity index (χ3v) is 3.93. The van der Waals surface area contributed by atoms with E-state index in [1.807, 2.05) is 31.2 Å². The van der Waals surface area contributed by atoms with E-state index in [0.717, 1.165) is 11.3 Å². The maximum atomic E-state index is 11.8. The number of anilines is 1. The van der Waals surface area contributed by atoms with Gasteiger partial charge in [0.1, 0.15) is 0 Å². The maximum absolute atomic E-state index is 11.8. The Hall–Kier alpha value is -1.51. The van der Waals surface area contributed by atoms with Crippen molar-refractivity contribution in [1.82, 2.24) is 5.32 Å². The molecule has 3 nitrogen and oxygen atoms in total. The third kappa shape index (κ3) is 3.72. The second-order valence-corrected chi connectivity index (χ2v) is 5.45. The summed E-state index contributed by atoms with van der Waals surface area (Å²) < 4.78 is 0. The first-order chi connectivity index (χ1) is 9.20. The van der Waals surface area contributed by atoms with Crippen molar-refractivity contribution >= 4 is 11.6 Å². The number of rotatable bonds is 4. The Labute approximate surface area is 115 Å². The predicted molar refractivity (Wildman–Crippen MR) is 79.5 cm³/mol. The van der Waals surface area contributed by atoms with Gasteiger partial charge < -0.3 is 10.6 Å². The van der Waals surface area contributed by atoms with E-state index in [1.165, 1.54) is 25.7 Å². The van der Waals surface area contributed by atoms with Crippen LogP contribution in [0, 0.1) is 5.92 Å². The highest BCUT2D eigenvalue weighted by molar-refractivity contribution is 5.95. The van der Waals surface area contributed by atoms with Crippen LogP contribution < -0.4 is 10.6 Å². The zero-order valence-electron chi connectivity index (χ0n) is 11.9. The quantitative estimate of drug-likeness (QED) is 0.871. The normalized spacial score (nSPS) is 22.8. The van der Waals surface area contributed by atoms with Gasteiger partial charge in [-0.15, -0.1) is 0 Å². The highest BCUT2D eigenvalue weighted by Crippen LogP contribution is 2.27. The van der Waals surface area contributed by atoms with Crippen LogP contribution in [0.25, 0.3) is 0 Å². The summed E-state index contributed by atoms with van der Waals surface area (Å²) in [6.07, 6.45) is 5.18. The molecule has 0 heterocycles. The van der Waals surface area contributed by atoms with Gasteiger partial charge in [0, 0.05) is 23.8 Å². The summed E-state index contributed by atoms with van der Waals surface area (Å²) in [5.74, 6) is 0.713. The van der Waals surface area contributed by atoms with Gasteiger partial charge >= 0.3 is 0 Å². The summed E-state index contributed by atoms with van der Waals surface area (Å²) >= 11 is 0. The van der Waals surface area contributed by atoms with E-state index in [4.69, 9.17) is 0 Å². The Morgan fingerprint density at radius 1 is 1.32 bits per heavy atom. The molecule has 104 valence electrons. The Kier molecular flexibility index (Phi) is 4.83. The molecular formula is C16H24N2O. The molecule has 1 saturated carbocycles. The van der Waals surface area contributed by atoms with E-state index < -0.39 is 0 Å². The molecule has 0 aliphatic heterocycles. The van der Waals surface area contributed by atoms with Gasteiger partial charge in [0.05, 0.1) is 0 Å². The van der Waals surface area contributed by atoms with E-state index >= 15 is 0 Å². The number of amides is 1. The Balaban J connectivity index is 2.04. The summed E-state index contributed by atoms with van der Waals surface area (Å²) in [5, 5.41) is 6.42. The molecule has 0 saturated heterocycles. The van der Waals surface area contributed by atoms with Crippen molar-refractivity contribution in [3.8, 4) is 0 Å². The van der Waals surface area contributed by atoms with E-state index in [0.29, 0.717) is 18.5 Å². The number of benzene rings is 1. The number of carbonyl (C=O) groups is 1. The third-order valence-electron chi connectivity index (χ3n) is 3.93. The molecule has 0 bridgehead atoms. The number of nitrogens with one attached hydrogen (secondary N) is 2. The molecule has 1 amide bonds. The Bertz CT molecular complexity index is 431. The first-order valence-electron chi connectivity index (χ1n) is 7.35. The van der Waals surface area contributed by atoms with Gasteiger partial charge in [0.15, 0.2) is 0 Å². The zero-order valence-corrected chi connectivity index (χ0v) is 11.9. The molecule has 1 fully saturated rings. The summed E-state index contributed by atoms with van der Waals surface area (Å²) in [6, 6.07) is 8.34. The number of hydrogen-bond acceptors (Lipinski definition) is 2.